The van der Waals surface area contributed by atoms with Crippen molar-refractivity contribution in [3.05, 3.63) is 107 Å². The van der Waals surface area contributed by atoms with Crippen molar-refractivity contribution < 1.29 is 28.7 Å². The number of aromatic amines is 2. The highest BCUT2D eigenvalue weighted by atomic mass is 16.5. The van der Waals surface area contributed by atoms with Crippen LogP contribution in [0, 0.1) is 17.8 Å². The zero-order valence-corrected chi connectivity index (χ0v) is 33.4. The second-order valence-corrected chi connectivity index (χ2v) is 15.3. The molecule has 302 valence electrons. The van der Waals surface area contributed by atoms with Gasteiger partial charge in [-0.1, -0.05) is 68.2 Å². The van der Waals surface area contributed by atoms with Gasteiger partial charge in [0.2, 0.25) is 5.91 Å². The largest absolute Gasteiger partial charge is 0.453 e. The molecule has 4 amide bonds. The molecule has 0 aliphatic carbocycles. The maximum atomic E-state index is 13.9. The molecule has 0 spiro atoms. The molecule has 0 saturated carbocycles. The first-order valence-electron chi connectivity index (χ1n) is 19.9. The molecule has 4 atom stereocenters. The molecule has 2 aromatic heterocycles. The van der Waals surface area contributed by atoms with Gasteiger partial charge in [-0.05, 0) is 78.9 Å². The fourth-order valence-corrected chi connectivity index (χ4v) is 8.26. The third-order valence-corrected chi connectivity index (χ3v) is 11.3. The van der Waals surface area contributed by atoms with E-state index in [0.29, 0.717) is 24.5 Å². The van der Waals surface area contributed by atoms with Crippen LogP contribution in [-0.2, 0) is 19.1 Å². The minimum atomic E-state index is -0.893. The Kier molecular flexibility index (Phi) is 10.9. The summed E-state index contributed by atoms with van der Waals surface area (Å²) in [5, 5.41) is 7.42. The summed E-state index contributed by atoms with van der Waals surface area (Å²) in [4.78, 5) is 72.2. The highest BCUT2D eigenvalue weighted by molar-refractivity contribution is 6.04. The molecule has 6 aromatic rings. The van der Waals surface area contributed by atoms with E-state index in [-0.39, 0.29) is 29.8 Å². The molecular formula is C45H46N8O6. The number of fused-ring (bicyclic) bond motifs is 4. The van der Waals surface area contributed by atoms with Crippen LogP contribution < -0.4 is 10.6 Å². The van der Waals surface area contributed by atoms with Crippen molar-refractivity contribution in [3.63, 3.8) is 0 Å². The smallest absolute Gasteiger partial charge is 0.407 e. The Balaban J connectivity index is 0.998. The number of amides is 4. The van der Waals surface area contributed by atoms with Gasteiger partial charge in [-0.3, -0.25) is 9.59 Å². The number of nitrogens with one attached hydrogen (secondary N) is 4. The lowest BCUT2D eigenvalue weighted by Gasteiger charge is -2.29. The van der Waals surface area contributed by atoms with Gasteiger partial charge in [-0.2, -0.15) is 0 Å². The van der Waals surface area contributed by atoms with Crippen molar-refractivity contribution in [3.8, 4) is 11.8 Å². The van der Waals surface area contributed by atoms with Gasteiger partial charge in [-0.25, -0.2) is 19.6 Å². The van der Waals surface area contributed by atoms with E-state index in [1.54, 1.807) is 4.90 Å². The summed E-state index contributed by atoms with van der Waals surface area (Å²) >= 11 is 0. The van der Waals surface area contributed by atoms with E-state index < -0.39 is 24.3 Å². The van der Waals surface area contributed by atoms with Crippen molar-refractivity contribution in [1.29, 1.82) is 0 Å². The Morgan fingerprint density at radius 2 is 1.34 bits per heavy atom. The lowest BCUT2D eigenvalue weighted by Crippen LogP contribution is -2.51. The van der Waals surface area contributed by atoms with E-state index >= 15 is 0 Å². The van der Waals surface area contributed by atoms with Gasteiger partial charge in [0.15, 0.2) is 0 Å². The van der Waals surface area contributed by atoms with Gasteiger partial charge in [0.25, 0.3) is 5.91 Å². The first kappa shape index (κ1) is 39.0. The van der Waals surface area contributed by atoms with Crippen LogP contribution in [0.5, 0.6) is 0 Å². The standard InChI is InChI=1S/C45H46N8O6/c1-26(2)37(50-44(56)58-3)42(54)52-22-9-13-36(52)41-47-33-21-18-30-24-27(16-19-31(30)39(33)49-41)14-15-28-17-20-32-34(25-28)48-40(46-32)35-12-8-23-53(35)43(55)38(51-45(57)59-4)29-10-6-5-7-11-29/h5-7,10-11,16-21,24-26,35-38H,8-9,12-13,22-23H2,1-4H3,(H,46,48)(H,47,49)(H,50,56)(H,51,57)/t35-,36-,37-,38+/m0/s1. The predicted molar refractivity (Wildman–Crippen MR) is 222 cm³/mol. The Hall–Kier alpha value is -6.88. The summed E-state index contributed by atoms with van der Waals surface area (Å²) in [6, 6.07) is 23.0. The monoisotopic (exact) mass is 794 g/mol. The lowest BCUT2D eigenvalue weighted by molar-refractivity contribution is -0.135. The Bertz CT molecular complexity index is 2620. The average molecular weight is 795 g/mol. The van der Waals surface area contributed by atoms with Crippen LogP contribution >= 0.6 is 0 Å². The molecule has 2 saturated heterocycles. The number of aromatic nitrogens is 4. The number of hydrogen-bond donors (Lipinski definition) is 4. The second kappa shape index (κ2) is 16.5. The van der Waals surface area contributed by atoms with E-state index in [4.69, 9.17) is 19.4 Å². The molecule has 2 aliphatic heterocycles. The van der Waals surface area contributed by atoms with Crippen LogP contribution in [0.15, 0.2) is 78.9 Å². The van der Waals surface area contributed by atoms with Crippen LogP contribution in [0.1, 0.15) is 86.0 Å². The highest BCUT2D eigenvalue weighted by Crippen LogP contribution is 2.36. The number of likely N-dealkylation sites (tertiary alicyclic amines) is 2. The number of carbonyl (C=O) groups excluding carboxylic acids is 4. The van der Waals surface area contributed by atoms with Gasteiger partial charge in [0, 0.05) is 29.6 Å². The van der Waals surface area contributed by atoms with E-state index in [2.05, 4.69) is 38.5 Å². The molecule has 4 aromatic carbocycles. The molecule has 0 radical (unpaired) electrons. The van der Waals surface area contributed by atoms with E-state index in [9.17, 15) is 19.2 Å². The summed E-state index contributed by atoms with van der Waals surface area (Å²) in [5.74, 6) is 7.53. The maximum absolute atomic E-state index is 13.9. The molecule has 4 heterocycles. The number of H-pyrrole nitrogens is 2. The van der Waals surface area contributed by atoms with E-state index in [1.807, 2.05) is 91.5 Å². The van der Waals surface area contributed by atoms with E-state index in [1.165, 1.54) is 14.2 Å². The number of nitrogens with zero attached hydrogens (tertiary/aromatic N) is 4. The number of hydrogen-bond acceptors (Lipinski definition) is 8. The van der Waals surface area contributed by atoms with Crippen molar-refractivity contribution in [2.24, 2.45) is 5.92 Å². The third-order valence-electron chi connectivity index (χ3n) is 11.3. The highest BCUT2D eigenvalue weighted by Gasteiger charge is 2.39. The van der Waals surface area contributed by atoms with Gasteiger partial charge in [0.1, 0.15) is 23.7 Å². The molecule has 0 bridgehead atoms. The number of methoxy groups -OCH3 is 2. The van der Waals surface area contributed by atoms with Crippen LogP contribution in [0.4, 0.5) is 9.59 Å². The topological polar surface area (TPSA) is 175 Å². The number of carbonyl (C=O) groups is 4. The summed E-state index contributed by atoms with van der Waals surface area (Å²) in [6.07, 6.45) is 1.83. The predicted octanol–water partition coefficient (Wildman–Crippen LogP) is 6.80. The molecule has 8 rings (SSSR count). The zero-order valence-electron chi connectivity index (χ0n) is 33.4. The van der Waals surface area contributed by atoms with Crippen molar-refractivity contribution in [2.75, 3.05) is 27.3 Å². The lowest BCUT2D eigenvalue weighted by atomic mass is 10.0. The fraction of sp³-hybridized carbons (Fsp3) is 0.333. The molecule has 4 N–H and O–H groups in total. The third kappa shape index (κ3) is 7.88. The zero-order chi connectivity index (χ0) is 41.2. The van der Waals surface area contributed by atoms with Crippen LogP contribution in [-0.4, -0.2) is 87.1 Å². The Labute approximate surface area is 341 Å². The van der Waals surface area contributed by atoms with Gasteiger partial charge < -0.3 is 39.9 Å². The normalized spacial score (nSPS) is 17.5. The van der Waals surface area contributed by atoms with Crippen LogP contribution in [0.25, 0.3) is 32.8 Å². The molecule has 2 fully saturated rings. The van der Waals surface area contributed by atoms with Crippen LogP contribution in [0.2, 0.25) is 0 Å². The summed E-state index contributed by atoms with van der Waals surface area (Å²) in [7, 11) is 2.57. The number of rotatable bonds is 8. The summed E-state index contributed by atoms with van der Waals surface area (Å²) in [6.45, 7) is 4.92. The number of benzene rings is 4. The summed E-state index contributed by atoms with van der Waals surface area (Å²) in [5.41, 5.74) is 5.62. The number of alkyl carbamates (subject to hydrolysis) is 2. The Morgan fingerprint density at radius 3 is 2.03 bits per heavy atom. The van der Waals surface area contributed by atoms with Gasteiger partial charge in [0.05, 0.1) is 48.4 Å². The van der Waals surface area contributed by atoms with Crippen LogP contribution in [0.3, 0.4) is 0 Å². The molecule has 14 nitrogen and oxygen atoms in total. The molecule has 0 unspecified atom stereocenters. The maximum Gasteiger partial charge on any atom is 0.407 e. The molecule has 59 heavy (non-hydrogen) atoms. The molecular weight excluding hydrogens is 749 g/mol. The average Bonchev–Trinajstić information content (AvgIpc) is 4.09. The minimum absolute atomic E-state index is 0.119. The molecule has 14 heteroatoms. The van der Waals surface area contributed by atoms with Gasteiger partial charge >= 0.3 is 12.2 Å². The second-order valence-electron chi connectivity index (χ2n) is 15.3. The first-order chi connectivity index (χ1) is 28.6. The molecule has 2 aliphatic rings. The van der Waals surface area contributed by atoms with Crippen molar-refractivity contribution >= 4 is 56.8 Å². The quantitative estimate of drug-likeness (QED) is 0.122. The van der Waals surface area contributed by atoms with Crippen molar-refractivity contribution in [2.45, 2.75) is 63.7 Å². The fourth-order valence-electron chi connectivity index (χ4n) is 8.26. The first-order valence-corrected chi connectivity index (χ1v) is 19.9. The number of ether oxygens (including phenoxy) is 2. The van der Waals surface area contributed by atoms with Gasteiger partial charge in [-0.15, -0.1) is 0 Å². The van der Waals surface area contributed by atoms with Crippen molar-refractivity contribution in [1.82, 2.24) is 40.4 Å². The Morgan fingerprint density at radius 1 is 0.729 bits per heavy atom. The minimum Gasteiger partial charge on any atom is -0.453 e. The summed E-state index contributed by atoms with van der Waals surface area (Å²) < 4.78 is 9.61. The number of imidazole rings is 2. The van der Waals surface area contributed by atoms with E-state index in [0.717, 1.165) is 75.5 Å². The SMILES string of the molecule is COC(=O)N[C@H](C(=O)N1CCC[C@H]1c1nc2ccc3cc(C#Cc4ccc5nc([C@@H]6CCCN6C(=O)[C@H](NC(=O)OC)c6ccccc6)[nH]c5c4)ccc3c2[nH]1)C(C)C.